The van der Waals surface area contributed by atoms with Crippen molar-refractivity contribution in [3.8, 4) is 6.07 Å². The summed E-state index contributed by atoms with van der Waals surface area (Å²) < 4.78 is 0. The van der Waals surface area contributed by atoms with Crippen molar-refractivity contribution in [3.63, 3.8) is 0 Å². The first-order valence-corrected chi connectivity index (χ1v) is 5.54. The van der Waals surface area contributed by atoms with E-state index in [2.05, 4.69) is 5.32 Å². The van der Waals surface area contributed by atoms with Gasteiger partial charge in [0.1, 0.15) is 0 Å². The van der Waals surface area contributed by atoms with Gasteiger partial charge >= 0.3 is 12.0 Å². The van der Waals surface area contributed by atoms with Gasteiger partial charge in [-0.2, -0.15) is 5.26 Å². The van der Waals surface area contributed by atoms with Gasteiger partial charge in [0.05, 0.1) is 17.9 Å². The molecular weight excluding hydrogens is 222 g/mol. The standard InChI is InChI=1S/C11H17N3O3/c1-8(3-6-12)14(2)10(17)13-7-11(4-5-11)9(15)16/h8H,3-5,7H2,1-2H3,(H,13,17)(H,15,16). The van der Waals surface area contributed by atoms with E-state index >= 15 is 0 Å². The van der Waals surface area contributed by atoms with Crippen molar-refractivity contribution < 1.29 is 14.7 Å². The van der Waals surface area contributed by atoms with Crippen molar-refractivity contribution in [2.45, 2.75) is 32.2 Å². The minimum absolute atomic E-state index is 0.158. The largest absolute Gasteiger partial charge is 0.481 e. The number of aliphatic carboxylic acids is 1. The molecule has 0 aromatic rings. The van der Waals surface area contributed by atoms with Crippen LogP contribution in [0.15, 0.2) is 0 Å². The fraction of sp³-hybridized carbons (Fsp3) is 0.727. The summed E-state index contributed by atoms with van der Waals surface area (Å²) in [7, 11) is 1.59. The molecule has 2 amide bonds. The second kappa shape index (κ2) is 5.04. The van der Waals surface area contributed by atoms with Gasteiger partial charge in [0.25, 0.3) is 0 Å². The average molecular weight is 239 g/mol. The maximum Gasteiger partial charge on any atom is 0.317 e. The average Bonchev–Trinajstić information content (AvgIpc) is 3.06. The number of carboxylic acids is 1. The number of nitrogens with one attached hydrogen (secondary N) is 1. The normalized spacial score (nSPS) is 17.7. The van der Waals surface area contributed by atoms with Gasteiger partial charge in [-0.3, -0.25) is 4.79 Å². The van der Waals surface area contributed by atoms with Crippen molar-refractivity contribution in [1.29, 1.82) is 5.26 Å². The van der Waals surface area contributed by atoms with Gasteiger partial charge in [-0.05, 0) is 19.8 Å². The third-order valence-corrected chi connectivity index (χ3v) is 3.25. The molecule has 0 radical (unpaired) electrons. The molecule has 0 saturated heterocycles. The van der Waals surface area contributed by atoms with Crippen LogP contribution in [-0.2, 0) is 4.79 Å². The molecule has 6 nitrogen and oxygen atoms in total. The molecule has 1 unspecified atom stereocenters. The highest BCUT2D eigenvalue weighted by Crippen LogP contribution is 2.45. The number of nitrogens with zero attached hydrogens (tertiary/aromatic N) is 2. The van der Waals surface area contributed by atoms with Gasteiger partial charge in [0.2, 0.25) is 0 Å². The zero-order valence-corrected chi connectivity index (χ0v) is 10.1. The molecule has 0 aliphatic heterocycles. The Balaban J connectivity index is 2.40. The molecule has 1 saturated carbocycles. The second-order valence-corrected chi connectivity index (χ2v) is 4.57. The Morgan fingerprint density at radius 1 is 1.59 bits per heavy atom. The molecule has 2 N–H and O–H groups in total. The van der Waals surface area contributed by atoms with Crippen LogP contribution in [0, 0.1) is 16.7 Å². The van der Waals surface area contributed by atoms with Crippen molar-refractivity contribution in [3.05, 3.63) is 0 Å². The summed E-state index contributed by atoms with van der Waals surface area (Å²) in [5.41, 5.74) is -0.755. The third kappa shape index (κ3) is 3.09. The lowest BCUT2D eigenvalue weighted by atomic mass is 10.1. The highest BCUT2D eigenvalue weighted by molar-refractivity contribution is 5.80. The van der Waals surface area contributed by atoms with Gasteiger partial charge in [-0.25, -0.2) is 4.79 Å². The first-order chi connectivity index (χ1) is 7.93. The molecule has 0 heterocycles. The number of hydrogen-bond donors (Lipinski definition) is 2. The van der Waals surface area contributed by atoms with Crippen LogP contribution >= 0.6 is 0 Å². The van der Waals surface area contributed by atoms with Gasteiger partial charge < -0.3 is 15.3 Å². The molecule has 0 spiro atoms. The monoisotopic (exact) mass is 239 g/mol. The number of nitriles is 1. The fourth-order valence-electron chi connectivity index (χ4n) is 1.46. The van der Waals surface area contributed by atoms with Crippen LogP contribution in [0.4, 0.5) is 4.79 Å². The molecule has 1 rings (SSSR count). The van der Waals surface area contributed by atoms with Crippen LogP contribution in [0.2, 0.25) is 0 Å². The van der Waals surface area contributed by atoms with E-state index in [-0.39, 0.29) is 25.0 Å². The number of carbonyl (C=O) groups excluding carboxylic acids is 1. The predicted octanol–water partition coefficient (Wildman–Crippen LogP) is 0.795. The fourth-order valence-corrected chi connectivity index (χ4v) is 1.46. The molecule has 1 aliphatic rings. The molecule has 0 bridgehead atoms. The summed E-state index contributed by atoms with van der Waals surface area (Å²) in [6.07, 6.45) is 1.48. The Kier molecular flexibility index (Phi) is 3.94. The molecule has 1 atom stereocenters. The van der Waals surface area contributed by atoms with Crippen LogP contribution in [-0.4, -0.2) is 41.6 Å². The summed E-state index contributed by atoms with van der Waals surface area (Å²) in [5.74, 6) is -0.856. The summed E-state index contributed by atoms with van der Waals surface area (Å²) in [6, 6.07) is 1.48. The predicted molar refractivity (Wildman–Crippen MR) is 60.2 cm³/mol. The van der Waals surface area contributed by atoms with Crippen molar-refractivity contribution in [2.75, 3.05) is 13.6 Å². The molecule has 0 aromatic carbocycles. The second-order valence-electron chi connectivity index (χ2n) is 4.57. The molecule has 1 aliphatic carbocycles. The summed E-state index contributed by atoms with van der Waals surface area (Å²) in [5, 5.41) is 20.1. The van der Waals surface area contributed by atoms with Crippen molar-refractivity contribution >= 4 is 12.0 Å². The maximum absolute atomic E-state index is 11.7. The number of carbonyl (C=O) groups is 2. The quantitative estimate of drug-likeness (QED) is 0.741. The SMILES string of the molecule is CC(CC#N)N(C)C(=O)NCC1(C(=O)O)CC1. The lowest BCUT2D eigenvalue weighted by Gasteiger charge is -2.24. The zero-order valence-electron chi connectivity index (χ0n) is 10.1. The minimum Gasteiger partial charge on any atom is -0.481 e. The van der Waals surface area contributed by atoms with E-state index in [9.17, 15) is 9.59 Å². The number of rotatable bonds is 5. The highest BCUT2D eigenvalue weighted by Gasteiger charge is 2.50. The Morgan fingerprint density at radius 3 is 2.59 bits per heavy atom. The van der Waals surface area contributed by atoms with Gasteiger partial charge in [-0.1, -0.05) is 0 Å². The van der Waals surface area contributed by atoms with Crippen LogP contribution in [0.1, 0.15) is 26.2 Å². The Hall–Kier alpha value is -1.77. The Bertz CT molecular complexity index is 357. The number of carboxylic acid groups (broad SMARTS) is 1. The first kappa shape index (κ1) is 13.3. The third-order valence-electron chi connectivity index (χ3n) is 3.25. The van der Waals surface area contributed by atoms with E-state index in [0.717, 1.165) is 0 Å². The van der Waals surface area contributed by atoms with E-state index in [1.54, 1.807) is 14.0 Å². The van der Waals surface area contributed by atoms with Crippen LogP contribution in [0.5, 0.6) is 0 Å². The van der Waals surface area contributed by atoms with Gasteiger partial charge in [-0.15, -0.1) is 0 Å². The summed E-state index contributed by atoms with van der Waals surface area (Å²) >= 11 is 0. The lowest BCUT2D eigenvalue weighted by Crippen LogP contribution is -2.45. The number of urea groups is 1. The maximum atomic E-state index is 11.7. The van der Waals surface area contributed by atoms with E-state index in [4.69, 9.17) is 10.4 Å². The van der Waals surface area contributed by atoms with E-state index in [1.807, 2.05) is 6.07 Å². The highest BCUT2D eigenvalue weighted by atomic mass is 16.4. The topological polar surface area (TPSA) is 93.4 Å². The van der Waals surface area contributed by atoms with Crippen LogP contribution < -0.4 is 5.32 Å². The minimum atomic E-state index is -0.856. The molecule has 6 heteroatoms. The number of hydrogen-bond acceptors (Lipinski definition) is 3. The van der Waals surface area contributed by atoms with Crippen LogP contribution in [0.25, 0.3) is 0 Å². The molecule has 0 aromatic heterocycles. The van der Waals surface area contributed by atoms with Crippen LogP contribution in [0.3, 0.4) is 0 Å². The smallest absolute Gasteiger partial charge is 0.317 e. The first-order valence-electron chi connectivity index (χ1n) is 5.54. The molecule has 17 heavy (non-hydrogen) atoms. The van der Waals surface area contributed by atoms with Crippen molar-refractivity contribution in [1.82, 2.24) is 10.2 Å². The summed E-state index contributed by atoms with van der Waals surface area (Å²) in [6.45, 7) is 1.93. The number of amides is 2. The van der Waals surface area contributed by atoms with Gasteiger partial charge in [0, 0.05) is 19.6 Å². The van der Waals surface area contributed by atoms with Crippen molar-refractivity contribution in [2.24, 2.45) is 5.41 Å². The Morgan fingerprint density at radius 2 is 2.18 bits per heavy atom. The molecular formula is C11H17N3O3. The van der Waals surface area contributed by atoms with E-state index < -0.39 is 11.4 Å². The zero-order chi connectivity index (χ0) is 13.1. The summed E-state index contributed by atoms with van der Waals surface area (Å²) in [4.78, 5) is 24.0. The van der Waals surface area contributed by atoms with E-state index in [0.29, 0.717) is 12.8 Å². The Labute approximate surface area is 100 Å². The molecule has 94 valence electrons. The van der Waals surface area contributed by atoms with E-state index in [1.165, 1.54) is 4.90 Å². The molecule has 1 fully saturated rings. The lowest BCUT2D eigenvalue weighted by molar-refractivity contribution is -0.143. The van der Waals surface area contributed by atoms with Gasteiger partial charge in [0.15, 0.2) is 0 Å².